The van der Waals surface area contributed by atoms with Crippen LogP contribution in [0.2, 0.25) is 0 Å². The second-order valence-corrected chi connectivity index (χ2v) is 4.97. The number of benzene rings is 2. The topological polar surface area (TPSA) is 78.1 Å². The van der Waals surface area contributed by atoms with Crippen LogP contribution in [0.25, 0.3) is 22.6 Å². The lowest BCUT2D eigenvalue weighted by Crippen LogP contribution is -1.95. The summed E-state index contributed by atoms with van der Waals surface area (Å²) in [5.41, 5.74) is 17.9. The molecule has 0 aliphatic rings. The quantitative estimate of drug-likeness (QED) is 0.696. The molecule has 0 bridgehead atoms. The van der Waals surface area contributed by atoms with Gasteiger partial charge in [0.15, 0.2) is 5.58 Å². The number of hydrogen-bond acceptors (Lipinski definition) is 4. The summed E-state index contributed by atoms with van der Waals surface area (Å²) in [5, 5.41) is 0. The first kappa shape index (κ1) is 12.5. The van der Waals surface area contributed by atoms with Crippen LogP contribution in [-0.4, -0.2) is 4.98 Å². The van der Waals surface area contributed by atoms with E-state index in [1.165, 1.54) is 0 Å². The van der Waals surface area contributed by atoms with E-state index in [2.05, 4.69) is 11.9 Å². The number of aryl methyl sites for hydroxylation is 2. The van der Waals surface area contributed by atoms with Crippen molar-refractivity contribution < 1.29 is 4.42 Å². The molecule has 20 heavy (non-hydrogen) atoms. The maximum atomic E-state index is 5.91. The molecular formula is C16H17N3O. The van der Waals surface area contributed by atoms with E-state index >= 15 is 0 Å². The first-order valence-electron chi connectivity index (χ1n) is 6.64. The number of oxazole rings is 1. The summed E-state index contributed by atoms with van der Waals surface area (Å²) < 4.78 is 5.86. The molecule has 0 spiro atoms. The van der Waals surface area contributed by atoms with Crippen LogP contribution in [-0.2, 0) is 6.42 Å². The molecule has 4 nitrogen and oxygen atoms in total. The van der Waals surface area contributed by atoms with Gasteiger partial charge in [-0.15, -0.1) is 0 Å². The van der Waals surface area contributed by atoms with Gasteiger partial charge in [0.1, 0.15) is 5.52 Å². The lowest BCUT2D eigenvalue weighted by atomic mass is 9.99. The number of nitrogens with two attached hydrogens (primary N) is 2. The second kappa shape index (κ2) is 4.56. The molecule has 0 radical (unpaired) electrons. The largest absolute Gasteiger partial charge is 0.436 e. The van der Waals surface area contributed by atoms with Crippen molar-refractivity contribution in [2.24, 2.45) is 0 Å². The zero-order valence-electron chi connectivity index (χ0n) is 11.6. The highest BCUT2D eigenvalue weighted by Crippen LogP contribution is 2.32. The molecule has 102 valence electrons. The fourth-order valence-corrected chi connectivity index (χ4v) is 2.53. The average molecular weight is 267 g/mol. The zero-order chi connectivity index (χ0) is 14.3. The SMILES string of the molecule is CCc1cc(N)cc(C)c1-c1nc2cc(N)ccc2o1. The third kappa shape index (κ3) is 1.99. The summed E-state index contributed by atoms with van der Waals surface area (Å²) in [6, 6.07) is 9.40. The predicted octanol–water partition coefficient (Wildman–Crippen LogP) is 3.53. The second-order valence-electron chi connectivity index (χ2n) is 4.97. The maximum absolute atomic E-state index is 5.91. The van der Waals surface area contributed by atoms with Crippen LogP contribution in [0.3, 0.4) is 0 Å². The molecule has 0 aliphatic heterocycles. The van der Waals surface area contributed by atoms with E-state index in [-0.39, 0.29) is 0 Å². The van der Waals surface area contributed by atoms with Gasteiger partial charge in [-0.25, -0.2) is 4.98 Å². The normalized spacial score (nSPS) is 11.1. The van der Waals surface area contributed by atoms with Crippen LogP contribution >= 0.6 is 0 Å². The van der Waals surface area contributed by atoms with Crippen molar-refractivity contribution in [3.63, 3.8) is 0 Å². The average Bonchev–Trinajstić information content (AvgIpc) is 2.79. The molecule has 0 atom stereocenters. The molecule has 0 amide bonds. The van der Waals surface area contributed by atoms with Crippen LogP contribution in [0.15, 0.2) is 34.7 Å². The van der Waals surface area contributed by atoms with Crippen molar-refractivity contribution in [3.05, 3.63) is 41.5 Å². The highest BCUT2D eigenvalue weighted by atomic mass is 16.3. The number of fused-ring (bicyclic) bond motifs is 1. The van der Waals surface area contributed by atoms with E-state index in [0.29, 0.717) is 11.6 Å². The van der Waals surface area contributed by atoms with Gasteiger partial charge in [-0.3, -0.25) is 0 Å². The molecule has 0 aliphatic carbocycles. The van der Waals surface area contributed by atoms with Gasteiger partial charge in [0, 0.05) is 16.9 Å². The zero-order valence-corrected chi connectivity index (χ0v) is 11.6. The minimum Gasteiger partial charge on any atom is -0.436 e. The Kier molecular flexibility index (Phi) is 2.86. The molecule has 0 fully saturated rings. The van der Waals surface area contributed by atoms with Crippen LogP contribution in [0.4, 0.5) is 11.4 Å². The molecule has 0 unspecified atom stereocenters. The van der Waals surface area contributed by atoms with E-state index < -0.39 is 0 Å². The molecule has 4 heteroatoms. The maximum Gasteiger partial charge on any atom is 0.227 e. The number of rotatable bonds is 2. The number of aromatic nitrogens is 1. The van der Waals surface area contributed by atoms with E-state index in [1.807, 2.05) is 37.3 Å². The summed E-state index contributed by atoms with van der Waals surface area (Å²) in [5.74, 6) is 0.625. The number of anilines is 2. The first-order chi connectivity index (χ1) is 9.58. The molecule has 0 saturated heterocycles. The number of hydrogen-bond donors (Lipinski definition) is 2. The van der Waals surface area contributed by atoms with Gasteiger partial charge in [-0.1, -0.05) is 6.92 Å². The third-order valence-electron chi connectivity index (χ3n) is 3.45. The van der Waals surface area contributed by atoms with E-state index in [4.69, 9.17) is 15.9 Å². The van der Waals surface area contributed by atoms with Gasteiger partial charge in [0.25, 0.3) is 0 Å². The van der Waals surface area contributed by atoms with Crippen molar-refractivity contribution in [2.45, 2.75) is 20.3 Å². The Morgan fingerprint density at radius 3 is 2.65 bits per heavy atom. The molecule has 3 rings (SSSR count). The Balaban J connectivity index is 2.25. The third-order valence-corrected chi connectivity index (χ3v) is 3.45. The molecule has 1 heterocycles. The van der Waals surface area contributed by atoms with E-state index in [0.717, 1.165) is 39.9 Å². The fraction of sp³-hybridized carbons (Fsp3) is 0.188. The van der Waals surface area contributed by atoms with Crippen molar-refractivity contribution in [1.82, 2.24) is 4.98 Å². The first-order valence-corrected chi connectivity index (χ1v) is 6.64. The Hall–Kier alpha value is -2.49. The molecule has 1 aromatic heterocycles. The smallest absolute Gasteiger partial charge is 0.227 e. The van der Waals surface area contributed by atoms with E-state index in [9.17, 15) is 0 Å². The Bertz CT molecular complexity index is 790. The van der Waals surface area contributed by atoms with Crippen LogP contribution in [0.5, 0.6) is 0 Å². The van der Waals surface area contributed by atoms with Gasteiger partial charge in [-0.2, -0.15) is 0 Å². The van der Waals surface area contributed by atoms with Crippen LogP contribution in [0.1, 0.15) is 18.1 Å². The van der Waals surface area contributed by atoms with Gasteiger partial charge in [0.2, 0.25) is 5.89 Å². The summed E-state index contributed by atoms with van der Waals surface area (Å²) in [6.07, 6.45) is 0.877. The standard InChI is InChI=1S/C16H17N3O/c1-3-10-7-12(18)6-9(2)15(10)16-19-13-8-11(17)4-5-14(13)20-16/h4-8H,3,17-18H2,1-2H3. The Morgan fingerprint density at radius 1 is 1.10 bits per heavy atom. The molecule has 3 aromatic rings. The Morgan fingerprint density at radius 2 is 1.90 bits per heavy atom. The van der Waals surface area contributed by atoms with Gasteiger partial charge >= 0.3 is 0 Å². The van der Waals surface area contributed by atoms with Crippen molar-refractivity contribution in [2.75, 3.05) is 11.5 Å². The van der Waals surface area contributed by atoms with Gasteiger partial charge in [0.05, 0.1) is 0 Å². The predicted molar refractivity (Wildman–Crippen MR) is 82.4 cm³/mol. The van der Waals surface area contributed by atoms with Gasteiger partial charge in [-0.05, 0) is 54.8 Å². The molecule has 2 aromatic carbocycles. The van der Waals surface area contributed by atoms with E-state index in [1.54, 1.807) is 0 Å². The van der Waals surface area contributed by atoms with Crippen molar-refractivity contribution in [3.8, 4) is 11.5 Å². The fourth-order valence-electron chi connectivity index (χ4n) is 2.53. The van der Waals surface area contributed by atoms with Gasteiger partial charge < -0.3 is 15.9 Å². The molecular weight excluding hydrogens is 250 g/mol. The monoisotopic (exact) mass is 267 g/mol. The lowest BCUT2D eigenvalue weighted by Gasteiger charge is -2.09. The van der Waals surface area contributed by atoms with Crippen LogP contribution in [0, 0.1) is 6.92 Å². The lowest BCUT2D eigenvalue weighted by molar-refractivity contribution is 0.618. The highest BCUT2D eigenvalue weighted by Gasteiger charge is 2.15. The molecule has 0 saturated carbocycles. The van der Waals surface area contributed by atoms with Crippen molar-refractivity contribution >= 4 is 22.5 Å². The number of nitrogens with zero attached hydrogens (tertiary/aromatic N) is 1. The summed E-state index contributed by atoms with van der Waals surface area (Å²) in [7, 11) is 0. The highest BCUT2D eigenvalue weighted by molar-refractivity contribution is 5.81. The van der Waals surface area contributed by atoms with Crippen molar-refractivity contribution in [1.29, 1.82) is 0 Å². The Labute approximate surface area is 117 Å². The minimum absolute atomic E-state index is 0.625. The minimum atomic E-state index is 0.625. The van der Waals surface area contributed by atoms with Crippen LogP contribution < -0.4 is 11.5 Å². The summed E-state index contributed by atoms with van der Waals surface area (Å²) in [4.78, 5) is 4.56. The summed E-state index contributed by atoms with van der Waals surface area (Å²) in [6.45, 7) is 4.12. The number of nitrogen functional groups attached to an aromatic ring is 2. The summed E-state index contributed by atoms with van der Waals surface area (Å²) >= 11 is 0. The molecule has 4 N–H and O–H groups in total.